The first-order valence-electron chi connectivity index (χ1n) is 22.0. The first-order chi connectivity index (χ1) is 31.6. The van der Waals surface area contributed by atoms with Crippen molar-refractivity contribution in [1.29, 1.82) is 0 Å². The first-order valence-corrected chi connectivity index (χ1v) is 22.0. The molecule has 302 valence electrons. The van der Waals surface area contributed by atoms with E-state index in [2.05, 4.69) is 234 Å². The van der Waals surface area contributed by atoms with Gasteiger partial charge in [-0.05, 0) is 115 Å². The fraction of sp³-hybridized carbons (Fsp3) is 0.0333. The van der Waals surface area contributed by atoms with Crippen molar-refractivity contribution in [3.8, 4) is 56.4 Å². The van der Waals surface area contributed by atoms with Crippen LogP contribution in [0.5, 0.6) is 11.5 Å². The minimum Gasteiger partial charge on any atom is -0.455 e. The van der Waals surface area contributed by atoms with E-state index in [-0.39, 0.29) is 0 Å². The molecule has 0 aliphatic carbocycles. The SMILES string of the molecule is Cc1cc(-n2c3c(c4ccccc42)-c2ccccc2N(c2ccccc2)c2ccccc2-3)ccc1-c1ccc(-n2c3ccccc3c3c4c(ccc32)C=Cc2ccccc2O4)cc1C. The highest BCUT2D eigenvalue weighted by molar-refractivity contribution is 6.15. The highest BCUT2D eigenvalue weighted by atomic mass is 16.5. The Morgan fingerprint density at radius 1 is 0.391 bits per heavy atom. The van der Waals surface area contributed by atoms with Crippen LogP contribution in [0.1, 0.15) is 22.3 Å². The number of para-hydroxylation sites is 6. The molecule has 0 N–H and O–H groups in total. The maximum absolute atomic E-state index is 6.76. The molecule has 4 heterocycles. The summed E-state index contributed by atoms with van der Waals surface area (Å²) in [6, 6.07) is 72.6. The van der Waals surface area contributed by atoms with Crippen molar-refractivity contribution in [2.24, 2.45) is 0 Å². The molecule has 2 aliphatic rings. The zero-order valence-electron chi connectivity index (χ0n) is 35.5. The van der Waals surface area contributed by atoms with Gasteiger partial charge in [-0.2, -0.15) is 0 Å². The second-order valence-corrected chi connectivity index (χ2v) is 17.0. The van der Waals surface area contributed by atoms with Crippen LogP contribution in [0.15, 0.2) is 200 Å². The lowest BCUT2D eigenvalue weighted by atomic mass is 9.95. The Kier molecular flexibility index (Phi) is 8.00. The number of ether oxygens (including phenoxy) is 1. The van der Waals surface area contributed by atoms with Crippen molar-refractivity contribution >= 4 is 61.9 Å². The molecule has 0 fully saturated rings. The lowest BCUT2D eigenvalue weighted by Crippen LogP contribution is -2.11. The first kappa shape index (κ1) is 36.3. The van der Waals surface area contributed by atoms with E-state index in [1.807, 2.05) is 6.07 Å². The van der Waals surface area contributed by atoms with Crippen molar-refractivity contribution in [2.45, 2.75) is 13.8 Å². The second-order valence-electron chi connectivity index (χ2n) is 17.0. The molecular formula is C60H41N3O. The maximum Gasteiger partial charge on any atom is 0.144 e. The Bertz CT molecular complexity index is 3740. The highest BCUT2D eigenvalue weighted by Gasteiger charge is 2.31. The van der Waals surface area contributed by atoms with Crippen molar-refractivity contribution in [3.63, 3.8) is 0 Å². The van der Waals surface area contributed by atoms with Gasteiger partial charge in [-0.1, -0.05) is 133 Å². The van der Waals surface area contributed by atoms with Gasteiger partial charge >= 0.3 is 0 Å². The van der Waals surface area contributed by atoms with Crippen LogP contribution in [0.3, 0.4) is 0 Å². The molecule has 9 aromatic carbocycles. The minimum absolute atomic E-state index is 0.869. The van der Waals surface area contributed by atoms with E-state index in [1.54, 1.807) is 0 Å². The normalized spacial score (nSPS) is 12.6. The maximum atomic E-state index is 6.76. The average molecular weight is 820 g/mol. The van der Waals surface area contributed by atoms with E-state index in [9.17, 15) is 0 Å². The quantitative estimate of drug-likeness (QED) is 0.176. The van der Waals surface area contributed by atoms with E-state index in [4.69, 9.17) is 4.74 Å². The summed E-state index contributed by atoms with van der Waals surface area (Å²) in [7, 11) is 0. The Morgan fingerprint density at radius 3 is 1.72 bits per heavy atom. The predicted octanol–water partition coefficient (Wildman–Crippen LogP) is 16.4. The van der Waals surface area contributed by atoms with Gasteiger partial charge in [0.25, 0.3) is 0 Å². The van der Waals surface area contributed by atoms with Crippen LogP contribution >= 0.6 is 0 Å². The standard InChI is InChI=1S/C60H41N3O/c1-38-36-43(62-52-24-12-9-21-49(52)58-55(62)35-30-41-29-28-40-16-6-15-27-56(40)64-60(41)58)31-33-45(38)46-34-32-44(37-39(46)2)63-53-25-13-8-20-48(53)57-47-19-7-11-23-51(47)61(42-17-4-3-5-18-42)54-26-14-10-22-50(54)59(57)63/h3-37H,1-2H3. The fourth-order valence-electron chi connectivity index (χ4n) is 10.5. The van der Waals surface area contributed by atoms with E-state index < -0.39 is 0 Å². The fourth-order valence-corrected chi connectivity index (χ4v) is 10.5. The van der Waals surface area contributed by atoms with Crippen LogP contribution in [0, 0.1) is 13.8 Å². The summed E-state index contributed by atoms with van der Waals surface area (Å²) in [5.74, 6) is 1.76. The molecule has 0 bridgehead atoms. The molecule has 64 heavy (non-hydrogen) atoms. The summed E-state index contributed by atoms with van der Waals surface area (Å²) in [5, 5.41) is 3.53. The molecule has 4 heteroatoms. The van der Waals surface area contributed by atoms with Gasteiger partial charge in [0.1, 0.15) is 11.5 Å². The smallest absolute Gasteiger partial charge is 0.144 e. The van der Waals surface area contributed by atoms with Crippen molar-refractivity contribution < 1.29 is 4.74 Å². The van der Waals surface area contributed by atoms with Crippen LogP contribution in [0.25, 0.3) is 89.7 Å². The molecule has 0 unspecified atom stereocenters. The topological polar surface area (TPSA) is 22.3 Å². The zero-order chi connectivity index (χ0) is 42.5. The summed E-state index contributed by atoms with van der Waals surface area (Å²) >= 11 is 0. The molecule has 0 atom stereocenters. The van der Waals surface area contributed by atoms with Crippen LogP contribution in [0.4, 0.5) is 17.1 Å². The Hall–Kier alpha value is -8.34. The van der Waals surface area contributed by atoms with Gasteiger partial charge < -0.3 is 18.8 Å². The number of aryl methyl sites for hydroxylation is 2. The molecule has 2 aromatic heterocycles. The summed E-state index contributed by atoms with van der Waals surface area (Å²) in [5.41, 5.74) is 21.1. The van der Waals surface area contributed by atoms with Gasteiger partial charge in [-0.3, -0.25) is 0 Å². The van der Waals surface area contributed by atoms with Gasteiger partial charge in [0.05, 0.1) is 39.0 Å². The number of hydrogen-bond acceptors (Lipinski definition) is 2. The van der Waals surface area contributed by atoms with Gasteiger partial charge in [0.2, 0.25) is 0 Å². The number of hydrogen-bond donors (Lipinski definition) is 0. The van der Waals surface area contributed by atoms with Crippen LogP contribution in [-0.2, 0) is 0 Å². The Labute approximate surface area is 371 Å². The third-order valence-electron chi connectivity index (χ3n) is 13.3. The summed E-state index contributed by atoms with van der Waals surface area (Å²) in [6.07, 6.45) is 4.32. The molecule has 11 aromatic rings. The number of fused-ring (bicyclic) bond motifs is 13. The highest BCUT2D eigenvalue weighted by Crippen LogP contribution is 2.54. The Morgan fingerprint density at radius 2 is 0.969 bits per heavy atom. The van der Waals surface area contributed by atoms with Gasteiger partial charge in [0, 0.05) is 55.7 Å². The molecule has 13 rings (SSSR count). The molecule has 0 saturated carbocycles. The minimum atomic E-state index is 0.869. The number of rotatable bonds is 4. The molecule has 0 saturated heterocycles. The van der Waals surface area contributed by atoms with E-state index in [0.717, 1.165) is 61.8 Å². The number of anilines is 3. The van der Waals surface area contributed by atoms with Crippen molar-refractivity contribution in [3.05, 3.63) is 222 Å². The number of nitrogens with zero attached hydrogens (tertiary/aromatic N) is 3. The average Bonchev–Trinajstić information content (AvgIpc) is 3.73. The summed E-state index contributed by atoms with van der Waals surface area (Å²) in [4.78, 5) is 2.42. The summed E-state index contributed by atoms with van der Waals surface area (Å²) in [6.45, 7) is 4.49. The largest absolute Gasteiger partial charge is 0.455 e. The van der Waals surface area contributed by atoms with E-state index in [1.165, 1.54) is 66.6 Å². The lowest BCUT2D eigenvalue weighted by molar-refractivity contribution is 0.487. The third kappa shape index (κ3) is 5.36. The van der Waals surface area contributed by atoms with Crippen LogP contribution in [0.2, 0.25) is 0 Å². The van der Waals surface area contributed by atoms with Crippen LogP contribution in [-0.4, -0.2) is 9.13 Å². The Balaban J connectivity index is 0.947. The molecule has 0 radical (unpaired) electrons. The molecule has 0 amide bonds. The van der Waals surface area contributed by atoms with Gasteiger partial charge in [0.15, 0.2) is 0 Å². The van der Waals surface area contributed by atoms with Gasteiger partial charge in [-0.25, -0.2) is 0 Å². The summed E-state index contributed by atoms with van der Waals surface area (Å²) < 4.78 is 11.6. The van der Waals surface area contributed by atoms with Crippen LogP contribution < -0.4 is 9.64 Å². The third-order valence-corrected chi connectivity index (χ3v) is 13.3. The zero-order valence-corrected chi connectivity index (χ0v) is 35.5. The molecule has 2 aliphatic heterocycles. The lowest BCUT2D eigenvalue weighted by Gasteiger charge is -2.27. The predicted molar refractivity (Wildman–Crippen MR) is 267 cm³/mol. The van der Waals surface area contributed by atoms with E-state index >= 15 is 0 Å². The molecule has 0 spiro atoms. The van der Waals surface area contributed by atoms with Crippen molar-refractivity contribution in [2.75, 3.05) is 4.90 Å². The monoisotopic (exact) mass is 819 g/mol. The van der Waals surface area contributed by atoms with Crippen molar-refractivity contribution in [1.82, 2.24) is 9.13 Å². The van der Waals surface area contributed by atoms with Gasteiger partial charge in [-0.15, -0.1) is 0 Å². The second kappa shape index (κ2) is 14.1. The molecular weight excluding hydrogens is 779 g/mol. The molecule has 4 nitrogen and oxygen atoms in total. The number of benzene rings is 9. The van der Waals surface area contributed by atoms with E-state index in [0.29, 0.717) is 0 Å². The number of aromatic nitrogens is 2.